The van der Waals surface area contributed by atoms with Crippen LogP contribution in [0.4, 0.5) is 18.9 Å². The van der Waals surface area contributed by atoms with Crippen molar-refractivity contribution in [1.82, 2.24) is 19.4 Å². The molecule has 0 bridgehead atoms. The van der Waals surface area contributed by atoms with Crippen LogP contribution in [-0.2, 0) is 23.9 Å². The second-order valence-corrected chi connectivity index (χ2v) is 7.13. The third kappa shape index (κ3) is 4.39. The number of rotatable bonds is 5. The van der Waals surface area contributed by atoms with Crippen LogP contribution in [0.25, 0.3) is 16.8 Å². The van der Waals surface area contributed by atoms with Crippen molar-refractivity contribution in [1.29, 1.82) is 0 Å². The molecule has 32 heavy (non-hydrogen) atoms. The fourth-order valence-electron chi connectivity index (χ4n) is 3.21. The molecule has 1 N–H and O–H groups in total. The summed E-state index contributed by atoms with van der Waals surface area (Å²) in [4.78, 5) is 25.1. The fraction of sp³-hybridized carbons (Fsp3) is 0.182. The summed E-state index contributed by atoms with van der Waals surface area (Å²) in [7, 11) is 0. The van der Waals surface area contributed by atoms with Crippen molar-refractivity contribution < 1.29 is 18.0 Å². The van der Waals surface area contributed by atoms with E-state index in [0.29, 0.717) is 5.69 Å². The van der Waals surface area contributed by atoms with Gasteiger partial charge in [0.2, 0.25) is 5.91 Å². The van der Waals surface area contributed by atoms with Gasteiger partial charge in [0, 0.05) is 11.3 Å². The van der Waals surface area contributed by atoms with E-state index in [-0.39, 0.29) is 11.2 Å². The van der Waals surface area contributed by atoms with E-state index in [9.17, 15) is 22.8 Å². The van der Waals surface area contributed by atoms with Gasteiger partial charge in [-0.1, -0.05) is 37.3 Å². The lowest BCUT2D eigenvalue weighted by Crippen LogP contribution is -2.30. The average Bonchev–Trinajstić information content (AvgIpc) is 3.20. The summed E-state index contributed by atoms with van der Waals surface area (Å²) in [6, 6.07) is 13.6. The predicted octanol–water partition coefficient (Wildman–Crippen LogP) is 3.78. The summed E-state index contributed by atoms with van der Waals surface area (Å²) in [5.74, 6) is -0.682. The van der Waals surface area contributed by atoms with Crippen LogP contribution in [0.3, 0.4) is 0 Å². The first kappa shape index (κ1) is 21.3. The Hall–Kier alpha value is -3.95. The zero-order valence-corrected chi connectivity index (χ0v) is 16.9. The number of benzene rings is 2. The zero-order valence-electron chi connectivity index (χ0n) is 16.9. The Morgan fingerprint density at radius 2 is 1.84 bits per heavy atom. The Kier molecular flexibility index (Phi) is 5.52. The van der Waals surface area contributed by atoms with Crippen LogP contribution in [0, 0.1) is 0 Å². The molecule has 7 nitrogen and oxygen atoms in total. The number of anilines is 1. The smallest absolute Gasteiger partial charge is 0.324 e. The molecule has 0 spiro atoms. The van der Waals surface area contributed by atoms with Gasteiger partial charge in [0.05, 0.1) is 11.3 Å². The second-order valence-electron chi connectivity index (χ2n) is 7.13. The van der Waals surface area contributed by atoms with E-state index in [1.165, 1.54) is 28.5 Å². The SMILES string of the molecule is CCc1ccc(-c2cc3c(=O)n(CC(=O)Nc4cccc(C(F)(F)F)c4)ncn3n2)cc1. The number of carbonyl (C=O) groups excluding carboxylic acids is 1. The second kappa shape index (κ2) is 8.29. The normalized spacial score (nSPS) is 11.6. The van der Waals surface area contributed by atoms with Gasteiger partial charge in [-0.3, -0.25) is 9.59 Å². The summed E-state index contributed by atoms with van der Waals surface area (Å²) in [5.41, 5.74) is 1.36. The van der Waals surface area contributed by atoms with Crippen molar-refractivity contribution in [2.45, 2.75) is 26.1 Å². The van der Waals surface area contributed by atoms with E-state index in [2.05, 4.69) is 22.4 Å². The molecule has 2 aromatic carbocycles. The molecule has 4 rings (SSSR count). The van der Waals surface area contributed by atoms with Gasteiger partial charge in [-0.25, -0.2) is 9.20 Å². The van der Waals surface area contributed by atoms with Crippen molar-refractivity contribution in [3.63, 3.8) is 0 Å². The van der Waals surface area contributed by atoms with E-state index >= 15 is 0 Å². The Labute approximate surface area is 180 Å². The first-order valence-electron chi connectivity index (χ1n) is 9.76. The molecule has 0 fully saturated rings. The van der Waals surface area contributed by atoms with Crippen LogP contribution in [-0.4, -0.2) is 25.3 Å². The summed E-state index contributed by atoms with van der Waals surface area (Å²) < 4.78 is 40.8. The number of carbonyl (C=O) groups is 1. The van der Waals surface area contributed by atoms with E-state index in [1.807, 2.05) is 24.3 Å². The topological polar surface area (TPSA) is 81.3 Å². The number of hydrogen-bond donors (Lipinski definition) is 1. The number of aryl methyl sites for hydroxylation is 1. The molecule has 0 aliphatic heterocycles. The highest BCUT2D eigenvalue weighted by atomic mass is 19.4. The van der Waals surface area contributed by atoms with Crippen LogP contribution in [0.1, 0.15) is 18.1 Å². The number of nitrogens with zero attached hydrogens (tertiary/aromatic N) is 4. The summed E-state index contributed by atoms with van der Waals surface area (Å²) in [6.07, 6.45) is -2.32. The van der Waals surface area contributed by atoms with E-state index in [0.717, 1.165) is 28.8 Å². The van der Waals surface area contributed by atoms with Crippen LogP contribution in [0.15, 0.2) is 65.7 Å². The van der Waals surface area contributed by atoms with Gasteiger partial charge in [0.15, 0.2) is 0 Å². The molecule has 0 atom stereocenters. The van der Waals surface area contributed by atoms with E-state index in [4.69, 9.17) is 0 Å². The minimum absolute atomic E-state index is 0.0267. The highest BCUT2D eigenvalue weighted by molar-refractivity contribution is 5.90. The van der Waals surface area contributed by atoms with Gasteiger partial charge in [-0.15, -0.1) is 0 Å². The minimum Gasteiger partial charge on any atom is -0.324 e. The number of hydrogen-bond acceptors (Lipinski definition) is 4. The number of aromatic nitrogens is 4. The Morgan fingerprint density at radius 1 is 1.09 bits per heavy atom. The monoisotopic (exact) mass is 441 g/mol. The zero-order chi connectivity index (χ0) is 22.9. The van der Waals surface area contributed by atoms with Crippen LogP contribution in [0.2, 0.25) is 0 Å². The molecule has 10 heteroatoms. The largest absolute Gasteiger partial charge is 0.416 e. The number of halogens is 3. The third-order valence-corrected chi connectivity index (χ3v) is 4.91. The highest BCUT2D eigenvalue weighted by Gasteiger charge is 2.30. The van der Waals surface area contributed by atoms with Gasteiger partial charge in [-0.05, 0) is 36.2 Å². The number of amides is 1. The maximum atomic E-state index is 12.8. The van der Waals surface area contributed by atoms with Crippen molar-refractivity contribution >= 4 is 17.1 Å². The predicted molar refractivity (Wildman–Crippen MR) is 112 cm³/mol. The van der Waals surface area contributed by atoms with Gasteiger partial charge >= 0.3 is 6.18 Å². The number of nitrogens with one attached hydrogen (secondary N) is 1. The number of alkyl halides is 3. The lowest BCUT2D eigenvalue weighted by molar-refractivity contribution is -0.137. The molecule has 0 unspecified atom stereocenters. The molecule has 1 amide bonds. The highest BCUT2D eigenvalue weighted by Crippen LogP contribution is 2.30. The molecule has 2 aromatic heterocycles. The third-order valence-electron chi connectivity index (χ3n) is 4.91. The first-order chi connectivity index (χ1) is 15.2. The van der Waals surface area contributed by atoms with Crippen molar-refractivity contribution in [3.05, 3.63) is 82.4 Å². The molecular formula is C22H18F3N5O2. The molecule has 2 heterocycles. The maximum absolute atomic E-state index is 12.8. The molecule has 4 aromatic rings. The lowest BCUT2D eigenvalue weighted by Gasteiger charge is -2.10. The van der Waals surface area contributed by atoms with Gasteiger partial charge < -0.3 is 5.32 Å². The molecule has 0 radical (unpaired) electrons. The minimum atomic E-state index is -4.53. The van der Waals surface area contributed by atoms with E-state index < -0.39 is 29.8 Å². The van der Waals surface area contributed by atoms with Crippen LogP contribution in [0.5, 0.6) is 0 Å². The molecule has 0 saturated heterocycles. The average molecular weight is 441 g/mol. The Bertz CT molecular complexity index is 1340. The van der Waals surface area contributed by atoms with Crippen molar-refractivity contribution in [2.75, 3.05) is 5.32 Å². The fourth-order valence-corrected chi connectivity index (χ4v) is 3.21. The first-order valence-corrected chi connectivity index (χ1v) is 9.76. The molecule has 0 aliphatic carbocycles. The molecule has 0 aliphatic rings. The lowest BCUT2D eigenvalue weighted by atomic mass is 10.1. The summed E-state index contributed by atoms with van der Waals surface area (Å²) in [6.45, 7) is 1.59. The van der Waals surface area contributed by atoms with Crippen molar-refractivity contribution in [3.8, 4) is 11.3 Å². The molecule has 164 valence electrons. The Balaban J connectivity index is 1.55. The van der Waals surface area contributed by atoms with E-state index in [1.54, 1.807) is 6.07 Å². The maximum Gasteiger partial charge on any atom is 0.416 e. The Morgan fingerprint density at radius 3 is 2.53 bits per heavy atom. The van der Waals surface area contributed by atoms with Crippen LogP contribution < -0.4 is 10.9 Å². The summed E-state index contributed by atoms with van der Waals surface area (Å²) >= 11 is 0. The van der Waals surface area contributed by atoms with Crippen molar-refractivity contribution in [2.24, 2.45) is 0 Å². The molecular weight excluding hydrogens is 423 g/mol. The summed E-state index contributed by atoms with van der Waals surface area (Å²) in [5, 5.41) is 10.7. The van der Waals surface area contributed by atoms with Gasteiger partial charge in [0.25, 0.3) is 5.56 Å². The molecule has 0 saturated carbocycles. The standard InChI is InChI=1S/C22H18F3N5O2/c1-2-14-6-8-15(9-7-14)18-11-19-21(32)29(26-13-30(19)28-18)12-20(31)27-17-5-3-4-16(10-17)22(23,24)25/h3-11,13H,2,12H2,1H3,(H,27,31). The van der Waals surface area contributed by atoms with Crippen LogP contribution >= 0.6 is 0 Å². The number of fused-ring (bicyclic) bond motifs is 1. The quantitative estimate of drug-likeness (QED) is 0.511. The van der Waals surface area contributed by atoms with Gasteiger partial charge in [0.1, 0.15) is 18.4 Å². The van der Waals surface area contributed by atoms with Gasteiger partial charge in [-0.2, -0.15) is 23.4 Å².